The van der Waals surface area contributed by atoms with Crippen LogP contribution in [0, 0.1) is 6.92 Å². The van der Waals surface area contributed by atoms with E-state index < -0.39 is 0 Å². The van der Waals surface area contributed by atoms with Gasteiger partial charge in [0.1, 0.15) is 11.9 Å². The number of benzene rings is 1. The van der Waals surface area contributed by atoms with E-state index in [0.29, 0.717) is 5.92 Å². The van der Waals surface area contributed by atoms with Gasteiger partial charge in [-0.05, 0) is 49.3 Å². The zero-order valence-corrected chi connectivity index (χ0v) is 11.6. The van der Waals surface area contributed by atoms with E-state index in [1.165, 1.54) is 5.56 Å². The molecule has 0 aromatic heterocycles. The molecular formula is C16H24O2. The molecule has 0 spiro atoms. The van der Waals surface area contributed by atoms with Crippen molar-refractivity contribution in [3.63, 3.8) is 0 Å². The molecule has 1 aromatic rings. The van der Waals surface area contributed by atoms with E-state index in [4.69, 9.17) is 4.74 Å². The van der Waals surface area contributed by atoms with Crippen LogP contribution in [-0.4, -0.2) is 17.3 Å². The molecule has 2 heteroatoms. The summed E-state index contributed by atoms with van der Waals surface area (Å²) in [6.07, 6.45) is 3.78. The van der Waals surface area contributed by atoms with E-state index in [1.54, 1.807) is 0 Å². The SMILES string of the molecule is Cc1ccc(C(C)C)cc1O[C@@H]1CCCC[C@H]1O. The lowest BCUT2D eigenvalue weighted by atomic mass is 9.94. The van der Waals surface area contributed by atoms with Crippen LogP contribution in [0.1, 0.15) is 56.6 Å². The maximum absolute atomic E-state index is 9.97. The first kappa shape index (κ1) is 13.4. The van der Waals surface area contributed by atoms with Gasteiger partial charge in [0, 0.05) is 0 Å². The number of hydrogen-bond donors (Lipinski definition) is 1. The van der Waals surface area contributed by atoms with Gasteiger partial charge in [0.25, 0.3) is 0 Å². The quantitative estimate of drug-likeness (QED) is 0.881. The van der Waals surface area contributed by atoms with Gasteiger partial charge in [0.15, 0.2) is 0 Å². The van der Waals surface area contributed by atoms with Gasteiger partial charge in [0.05, 0.1) is 6.10 Å². The number of aryl methyl sites for hydroxylation is 1. The Morgan fingerprint density at radius 3 is 2.61 bits per heavy atom. The van der Waals surface area contributed by atoms with Crippen LogP contribution in [0.15, 0.2) is 18.2 Å². The molecule has 0 aliphatic heterocycles. The van der Waals surface area contributed by atoms with Crippen molar-refractivity contribution in [1.82, 2.24) is 0 Å². The monoisotopic (exact) mass is 248 g/mol. The van der Waals surface area contributed by atoms with Gasteiger partial charge in [-0.3, -0.25) is 0 Å². The van der Waals surface area contributed by atoms with Crippen LogP contribution in [-0.2, 0) is 0 Å². The summed E-state index contributed by atoms with van der Waals surface area (Å²) in [5.74, 6) is 1.44. The molecule has 0 saturated heterocycles. The van der Waals surface area contributed by atoms with Crippen LogP contribution in [0.25, 0.3) is 0 Å². The number of ether oxygens (including phenoxy) is 1. The highest BCUT2D eigenvalue weighted by Gasteiger charge is 2.25. The van der Waals surface area contributed by atoms with Crippen molar-refractivity contribution < 1.29 is 9.84 Å². The van der Waals surface area contributed by atoms with Crippen molar-refractivity contribution in [3.05, 3.63) is 29.3 Å². The maximum Gasteiger partial charge on any atom is 0.124 e. The molecule has 18 heavy (non-hydrogen) atoms. The Kier molecular flexibility index (Phi) is 4.28. The van der Waals surface area contributed by atoms with E-state index in [0.717, 1.165) is 37.0 Å². The lowest BCUT2D eigenvalue weighted by Gasteiger charge is -2.29. The smallest absolute Gasteiger partial charge is 0.124 e. The van der Waals surface area contributed by atoms with E-state index in [2.05, 4.69) is 39.0 Å². The van der Waals surface area contributed by atoms with Gasteiger partial charge in [-0.25, -0.2) is 0 Å². The van der Waals surface area contributed by atoms with E-state index >= 15 is 0 Å². The first-order valence-electron chi connectivity index (χ1n) is 7.03. The highest BCUT2D eigenvalue weighted by atomic mass is 16.5. The Balaban J connectivity index is 2.14. The van der Waals surface area contributed by atoms with Crippen molar-refractivity contribution in [2.24, 2.45) is 0 Å². The highest BCUT2D eigenvalue weighted by Crippen LogP contribution is 2.28. The number of aliphatic hydroxyl groups excluding tert-OH is 1. The Hall–Kier alpha value is -1.02. The summed E-state index contributed by atoms with van der Waals surface area (Å²) in [7, 11) is 0. The highest BCUT2D eigenvalue weighted by molar-refractivity contribution is 5.38. The second-order valence-corrected chi connectivity index (χ2v) is 5.69. The zero-order valence-electron chi connectivity index (χ0n) is 11.6. The third kappa shape index (κ3) is 3.05. The summed E-state index contributed by atoms with van der Waals surface area (Å²) < 4.78 is 6.04. The van der Waals surface area contributed by atoms with Crippen LogP contribution in [0.2, 0.25) is 0 Å². The Morgan fingerprint density at radius 1 is 1.22 bits per heavy atom. The molecule has 2 nitrogen and oxygen atoms in total. The van der Waals surface area contributed by atoms with Crippen LogP contribution in [0.5, 0.6) is 5.75 Å². The molecule has 0 radical (unpaired) electrons. The van der Waals surface area contributed by atoms with Crippen LogP contribution in [0.4, 0.5) is 0 Å². The molecule has 2 rings (SSSR count). The number of aliphatic hydroxyl groups is 1. The molecule has 0 heterocycles. The second-order valence-electron chi connectivity index (χ2n) is 5.69. The molecule has 1 aliphatic rings. The predicted molar refractivity (Wildman–Crippen MR) is 74.2 cm³/mol. The normalized spacial score (nSPS) is 24.3. The summed E-state index contributed by atoms with van der Waals surface area (Å²) in [4.78, 5) is 0. The summed E-state index contributed by atoms with van der Waals surface area (Å²) in [6, 6.07) is 6.39. The molecule has 0 amide bonds. The van der Waals surface area contributed by atoms with Gasteiger partial charge in [-0.15, -0.1) is 0 Å². The fraction of sp³-hybridized carbons (Fsp3) is 0.625. The predicted octanol–water partition coefficient (Wildman–Crippen LogP) is 3.80. The molecule has 1 aliphatic carbocycles. The van der Waals surface area contributed by atoms with Crippen molar-refractivity contribution in [1.29, 1.82) is 0 Å². The molecule has 0 unspecified atom stereocenters. The van der Waals surface area contributed by atoms with Crippen molar-refractivity contribution in [2.45, 2.75) is 64.6 Å². The van der Waals surface area contributed by atoms with Crippen molar-refractivity contribution >= 4 is 0 Å². The lowest BCUT2D eigenvalue weighted by molar-refractivity contribution is 0.00650. The molecule has 2 atom stereocenters. The number of rotatable bonds is 3. The average Bonchev–Trinajstić information content (AvgIpc) is 2.34. The summed E-state index contributed by atoms with van der Waals surface area (Å²) in [5.41, 5.74) is 2.44. The minimum Gasteiger partial charge on any atom is -0.487 e. The topological polar surface area (TPSA) is 29.5 Å². The second kappa shape index (κ2) is 5.75. The Bertz CT molecular complexity index is 398. The molecule has 1 fully saturated rings. The third-order valence-corrected chi connectivity index (χ3v) is 3.82. The first-order chi connectivity index (χ1) is 8.58. The minimum absolute atomic E-state index is 0.0279. The van der Waals surface area contributed by atoms with Crippen LogP contribution in [0.3, 0.4) is 0 Å². The Labute approximate surface area is 110 Å². The third-order valence-electron chi connectivity index (χ3n) is 3.82. The number of hydrogen-bond acceptors (Lipinski definition) is 2. The van der Waals surface area contributed by atoms with E-state index in [1.807, 2.05) is 0 Å². The van der Waals surface area contributed by atoms with Gasteiger partial charge in [0.2, 0.25) is 0 Å². The molecule has 0 bridgehead atoms. The largest absolute Gasteiger partial charge is 0.487 e. The van der Waals surface area contributed by atoms with Crippen LogP contribution >= 0.6 is 0 Å². The fourth-order valence-electron chi connectivity index (χ4n) is 2.48. The summed E-state index contributed by atoms with van der Waals surface area (Å²) in [5, 5.41) is 9.97. The standard InChI is InChI=1S/C16H24O2/c1-11(2)13-9-8-12(3)16(10-13)18-15-7-5-4-6-14(15)17/h8-11,14-15,17H,4-7H2,1-3H3/t14-,15-/m1/s1. The molecule has 1 N–H and O–H groups in total. The van der Waals surface area contributed by atoms with E-state index in [-0.39, 0.29) is 12.2 Å². The first-order valence-corrected chi connectivity index (χ1v) is 7.03. The van der Waals surface area contributed by atoms with Crippen molar-refractivity contribution in [3.8, 4) is 5.75 Å². The molecule has 1 aromatic carbocycles. The minimum atomic E-state index is -0.305. The van der Waals surface area contributed by atoms with Crippen molar-refractivity contribution in [2.75, 3.05) is 0 Å². The molecule has 1 saturated carbocycles. The van der Waals surface area contributed by atoms with Gasteiger partial charge < -0.3 is 9.84 Å². The lowest BCUT2D eigenvalue weighted by Crippen LogP contribution is -2.34. The van der Waals surface area contributed by atoms with E-state index in [9.17, 15) is 5.11 Å². The molecule has 100 valence electrons. The Morgan fingerprint density at radius 2 is 1.94 bits per heavy atom. The fourth-order valence-corrected chi connectivity index (χ4v) is 2.48. The van der Waals surface area contributed by atoms with Gasteiger partial charge >= 0.3 is 0 Å². The van der Waals surface area contributed by atoms with Gasteiger partial charge in [-0.2, -0.15) is 0 Å². The van der Waals surface area contributed by atoms with Crippen LogP contribution < -0.4 is 4.74 Å². The summed E-state index contributed by atoms with van der Waals surface area (Å²) >= 11 is 0. The summed E-state index contributed by atoms with van der Waals surface area (Å²) in [6.45, 7) is 6.43. The maximum atomic E-state index is 9.97. The average molecular weight is 248 g/mol. The van der Waals surface area contributed by atoms with Gasteiger partial charge in [-0.1, -0.05) is 32.4 Å². The molecular weight excluding hydrogens is 224 g/mol. The zero-order chi connectivity index (χ0) is 13.1.